The summed E-state index contributed by atoms with van der Waals surface area (Å²) in [7, 11) is 3.93. The molecule has 0 saturated carbocycles. The van der Waals surface area contributed by atoms with Crippen LogP contribution in [0.3, 0.4) is 0 Å². The molecule has 10 nitrogen and oxygen atoms in total. The molecule has 1 saturated heterocycles. The van der Waals surface area contributed by atoms with Crippen molar-refractivity contribution in [1.82, 2.24) is 30.3 Å². The van der Waals surface area contributed by atoms with Crippen LogP contribution in [0.5, 0.6) is 0 Å². The Morgan fingerprint density at radius 1 is 1.12 bits per heavy atom. The number of nitrogens with one attached hydrogen (secondary N) is 2. The number of H-pyrrole nitrogens is 1. The van der Waals surface area contributed by atoms with Crippen molar-refractivity contribution < 1.29 is 4.52 Å². The molecule has 1 atom stereocenters. The van der Waals surface area contributed by atoms with E-state index < -0.39 is 0 Å². The lowest BCUT2D eigenvalue weighted by molar-refractivity contribution is 0.362. The first-order chi connectivity index (χ1) is 15.6. The maximum Gasteiger partial charge on any atom is 0.229 e. The lowest BCUT2D eigenvalue weighted by Crippen LogP contribution is -2.25. The van der Waals surface area contributed by atoms with Gasteiger partial charge in [0.25, 0.3) is 0 Å². The van der Waals surface area contributed by atoms with Crippen molar-refractivity contribution >= 4 is 23.4 Å². The van der Waals surface area contributed by atoms with E-state index in [2.05, 4.69) is 30.6 Å². The van der Waals surface area contributed by atoms with Gasteiger partial charge in [0.15, 0.2) is 11.6 Å². The fourth-order valence-corrected chi connectivity index (χ4v) is 3.84. The van der Waals surface area contributed by atoms with Crippen LogP contribution in [0.2, 0.25) is 0 Å². The molecule has 0 spiro atoms. The Bertz CT molecular complexity index is 1200. The van der Waals surface area contributed by atoms with Crippen LogP contribution in [0.1, 0.15) is 30.3 Å². The third kappa shape index (κ3) is 3.98. The standard InChI is InChI=1S/C22H25N9O/c1-14-11-20(28-27-14)24-19-13-21(30(2)3)26-22(25-19)31-10-6-8-17(31)18-12-16(29-32-18)15-7-4-5-9-23-15/h4-5,7,9,11-13,17H,6,8,10H2,1-3H3,(H2,24,25,26,27,28). The number of hydrogen-bond acceptors (Lipinski definition) is 9. The molecule has 1 aliphatic rings. The predicted octanol–water partition coefficient (Wildman–Crippen LogP) is 3.71. The molecule has 5 rings (SSSR count). The van der Waals surface area contributed by atoms with E-state index >= 15 is 0 Å². The van der Waals surface area contributed by atoms with E-state index in [1.165, 1.54) is 0 Å². The molecular weight excluding hydrogens is 406 g/mol. The minimum atomic E-state index is 0.0119. The van der Waals surface area contributed by atoms with Crippen LogP contribution in [-0.2, 0) is 0 Å². The number of anilines is 4. The van der Waals surface area contributed by atoms with Crippen molar-refractivity contribution in [3.63, 3.8) is 0 Å². The Morgan fingerprint density at radius 3 is 2.78 bits per heavy atom. The fraction of sp³-hybridized carbons (Fsp3) is 0.318. The van der Waals surface area contributed by atoms with Gasteiger partial charge < -0.3 is 19.6 Å². The second-order valence-corrected chi connectivity index (χ2v) is 8.05. The van der Waals surface area contributed by atoms with E-state index in [1.807, 2.05) is 62.3 Å². The van der Waals surface area contributed by atoms with Crippen molar-refractivity contribution in [2.75, 3.05) is 35.8 Å². The van der Waals surface area contributed by atoms with E-state index in [4.69, 9.17) is 14.5 Å². The molecule has 0 amide bonds. The second kappa shape index (κ2) is 8.29. The van der Waals surface area contributed by atoms with Crippen LogP contribution in [0.4, 0.5) is 23.4 Å². The summed E-state index contributed by atoms with van der Waals surface area (Å²) in [4.78, 5) is 18.1. The van der Waals surface area contributed by atoms with E-state index in [-0.39, 0.29) is 6.04 Å². The summed E-state index contributed by atoms with van der Waals surface area (Å²) in [5.41, 5.74) is 2.49. The van der Waals surface area contributed by atoms with Gasteiger partial charge >= 0.3 is 0 Å². The highest BCUT2D eigenvalue weighted by molar-refractivity contribution is 5.60. The largest absolute Gasteiger partial charge is 0.363 e. The Kier molecular flexibility index (Phi) is 5.18. The van der Waals surface area contributed by atoms with Crippen LogP contribution < -0.4 is 15.1 Å². The van der Waals surface area contributed by atoms with Crippen molar-refractivity contribution in [1.29, 1.82) is 0 Å². The first-order valence-corrected chi connectivity index (χ1v) is 10.6. The Hall–Kier alpha value is -3.95. The zero-order chi connectivity index (χ0) is 22.1. The van der Waals surface area contributed by atoms with Gasteiger partial charge in [0.2, 0.25) is 5.95 Å². The first kappa shape index (κ1) is 20.0. The molecule has 1 aliphatic heterocycles. The third-order valence-corrected chi connectivity index (χ3v) is 5.41. The van der Waals surface area contributed by atoms with Crippen LogP contribution in [-0.4, -0.2) is 50.9 Å². The molecule has 0 radical (unpaired) electrons. The number of aromatic amines is 1. The number of aryl methyl sites for hydroxylation is 1. The molecule has 1 unspecified atom stereocenters. The molecule has 0 aromatic carbocycles. The van der Waals surface area contributed by atoms with Crippen molar-refractivity contribution in [2.24, 2.45) is 0 Å². The monoisotopic (exact) mass is 431 g/mol. The van der Waals surface area contributed by atoms with Gasteiger partial charge in [0, 0.05) is 50.7 Å². The van der Waals surface area contributed by atoms with Gasteiger partial charge in [-0.2, -0.15) is 15.1 Å². The summed E-state index contributed by atoms with van der Waals surface area (Å²) in [6, 6.07) is 11.6. The molecule has 10 heteroatoms. The average Bonchev–Trinajstić information content (AvgIpc) is 3.55. The number of pyridine rings is 1. The molecule has 4 aromatic heterocycles. The summed E-state index contributed by atoms with van der Waals surface area (Å²) in [5.74, 6) is 3.64. The fourth-order valence-electron chi connectivity index (χ4n) is 3.84. The molecule has 164 valence electrons. The molecular formula is C22H25N9O. The predicted molar refractivity (Wildman–Crippen MR) is 122 cm³/mol. The van der Waals surface area contributed by atoms with Crippen molar-refractivity contribution in [3.05, 3.63) is 54.0 Å². The van der Waals surface area contributed by atoms with Gasteiger partial charge in [-0.05, 0) is 31.9 Å². The Labute approximate surface area is 185 Å². The van der Waals surface area contributed by atoms with Gasteiger partial charge in [0.05, 0.1) is 11.7 Å². The van der Waals surface area contributed by atoms with Gasteiger partial charge in [-0.15, -0.1) is 0 Å². The summed E-state index contributed by atoms with van der Waals surface area (Å²) in [5, 5.41) is 14.7. The van der Waals surface area contributed by atoms with Crippen LogP contribution in [0.15, 0.2) is 47.1 Å². The quantitative estimate of drug-likeness (QED) is 0.472. The summed E-state index contributed by atoms with van der Waals surface area (Å²) < 4.78 is 5.73. The second-order valence-electron chi connectivity index (χ2n) is 8.05. The maximum atomic E-state index is 5.73. The van der Waals surface area contributed by atoms with E-state index in [9.17, 15) is 0 Å². The van der Waals surface area contributed by atoms with Crippen molar-refractivity contribution in [3.8, 4) is 11.4 Å². The highest BCUT2D eigenvalue weighted by Gasteiger charge is 2.32. The minimum Gasteiger partial charge on any atom is -0.363 e. The van der Waals surface area contributed by atoms with Crippen LogP contribution >= 0.6 is 0 Å². The first-order valence-electron chi connectivity index (χ1n) is 10.6. The number of aromatic nitrogens is 6. The number of rotatable bonds is 6. The summed E-state index contributed by atoms with van der Waals surface area (Å²) in [6.07, 6.45) is 3.70. The SMILES string of the molecule is Cc1cc(Nc2cc(N(C)C)nc(N3CCCC3c3cc(-c4ccccn4)no3)n2)n[nH]1. The highest BCUT2D eigenvalue weighted by Crippen LogP contribution is 2.37. The minimum absolute atomic E-state index is 0.0119. The molecule has 0 bridgehead atoms. The lowest BCUT2D eigenvalue weighted by atomic mass is 10.1. The van der Waals surface area contributed by atoms with Crippen molar-refractivity contribution in [2.45, 2.75) is 25.8 Å². The average molecular weight is 432 g/mol. The Balaban J connectivity index is 1.46. The Morgan fingerprint density at radius 2 is 2.03 bits per heavy atom. The van der Waals surface area contributed by atoms with Gasteiger partial charge in [0.1, 0.15) is 17.3 Å². The molecule has 4 aromatic rings. The highest BCUT2D eigenvalue weighted by atomic mass is 16.5. The smallest absolute Gasteiger partial charge is 0.229 e. The zero-order valence-corrected chi connectivity index (χ0v) is 18.3. The molecule has 32 heavy (non-hydrogen) atoms. The number of hydrogen-bond donors (Lipinski definition) is 2. The number of nitrogens with zero attached hydrogens (tertiary/aromatic N) is 7. The van der Waals surface area contributed by atoms with E-state index in [0.717, 1.165) is 48.0 Å². The molecule has 5 heterocycles. The van der Waals surface area contributed by atoms with Crippen LogP contribution in [0, 0.1) is 6.92 Å². The summed E-state index contributed by atoms with van der Waals surface area (Å²) >= 11 is 0. The normalized spacial score (nSPS) is 15.8. The summed E-state index contributed by atoms with van der Waals surface area (Å²) in [6.45, 7) is 2.79. The topological polar surface area (TPSA) is 112 Å². The van der Waals surface area contributed by atoms with Gasteiger partial charge in [-0.3, -0.25) is 10.1 Å². The lowest BCUT2D eigenvalue weighted by Gasteiger charge is -2.24. The molecule has 2 N–H and O–H groups in total. The molecule has 1 fully saturated rings. The van der Waals surface area contributed by atoms with Crippen LogP contribution in [0.25, 0.3) is 11.4 Å². The molecule has 0 aliphatic carbocycles. The van der Waals surface area contributed by atoms with Gasteiger partial charge in [-0.25, -0.2) is 0 Å². The maximum absolute atomic E-state index is 5.73. The van der Waals surface area contributed by atoms with Gasteiger partial charge in [-0.1, -0.05) is 11.2 Å². The zero-order valence-electron chi connectivity index (χ0n) is 18.3. The van der Waals surface area contributed by atoms with E-state index in [1.54, 1.807) is 6.20 Å². The van der Waals surface area contributed by atoms with E-state index in [0.29, 0.717) is 17.6 Å². The third-order valence-electron chi connectivity index (χ3n) is 5.41.